The van der Waals surface area contributed by atoms with Gasteiger partial charge in [-0.25, -0.2) is 4.39 Å². The van der Waals surface area contributed by atoms with E-state index < -0.39 is 0 Å². The SMILES string of the molecule is Cc1cc(C(=O)NCCN(C)C2CCCC2)ccc1F. The van der Waals surface area contributed by atoms with Crippen molar-refractivity contribution in [3.63, 3.8) is 0 Å². The summed E-state index contributed by atoms with van der Waals surface area (Å²) in [6, 6.07) is 5.12. The fourth-order valence-electron chi connectivity index (χ4n) is 2.76. The van der Waals surface area contributed by atoms with E-state index >= 15 is 0 Å². The Morgan fingerprint density at radius 1 is 1.40 bits per heavy atom. The molecule has 0 saturated heterocycles. The highest BCUT2D eigenvalue weighted by Crippen LogP contribution is 2.21. The van der Waals surface area contributed by atoms with E-state index in [1.807, 2.05) is 0 Å². The highest BCUT2D eigenvalue weighted by Gasteiger charge is 2.19. The summed E-state index contributed by atoms with van der Waals surface area (Å²) >= 11 is 0. The maximum atomic E-state index is 13.2. The van der Waals surface area contributed by atoms with Crippen LogP contribution in [-0.2, 0) is 0 Å². The van der Waals surface area contributed by atoms with Gasteiger partial charge >= 0.3 is 0 Å². The van der Waals surface area contributed by atoms with Gasteiger partial charge in [-0.15, -0.1) is 0 Å². The van der Waals surface area contributed by atoms with E-state index in [4.69, 9.17) is 0 Å². The topological polar surface area (TPSA) is 32.3 Å². The number of aryl methyl sites for hydroxylation is 1. The Balaban J connectivity index is 1.78. The molecule has 0 aromatic heterocycles. The van der Waals surface area contributed by atoms with Crippen LogP contribution < -0.4 is 5.32 Å². The summed E-state index contributed by atoms with van der Waals surface area (Å²) in [7, 11) is 2.12. The predicted molar refractivity (Wildman–Crippen MR) is 78.4 cm³/mol. The van der Waals surface area contributed by atoms with Gasteiger partial charge in [-0.2, -0.15) is 0 Å². The van der Waals surface area contributed by atoms with Gasteiger partial charge in [-0.3, -0.25) is 4.79 Å². The van der Waals surface area contributed by atoms with E-state index in [2.05, 4.69) is 17.3 Å². The molecule has 0 bridgehead atoms. The minimum Gasteiger partial charge on any atom is -0.351 e. The van der Waals surface area contributed by atoms with Crippen molar-refractivity contribution < 1.29 is 9.18 Å². The highest BCUT2D eigenvalue weighted by atomic mass is 19.1. The monoisotopic (exact) mass is 278 g/mol. The molecule has 1 amide bonds. The number of nitrogens with zero attached hydrogens (tertiary/aromatic N) is 1. The van der Waals surface area contributed by atoms with Gasteiger partial charge in [0.25, 0.3) is 5.91 Å². The van der Waals surface area contributed by atoms with Crippen LogP contribution in [-0.4, -0.2) is 37.0 Å². The number of hydrogen-bond donors (Lipinski definition) is 1. The second-order valence-electron chi connectivity index (χ2n) is 5.64. The van der Waals surface area contributed by atoms with Gasteiger partial charge in [0, 0.05) is 24.7 Å². The molecule has 1 fully saturated rings. The highest BCUT2D eigenvalue weighted by molar-refractivity contribution is 5.94. The number of rotatable bonds is 5. The largest absolute Gasteiger partial charge is 0.351 e. The molecule has 3 nitrogen and oxygen atoms in total. The Morgan fingerprint density at radius 2 is 2.10 bits per heavy atom. The maximum absolute atomic E-state index is 13.2. The maximum Gasteiger partial charge on any atom is 0.251 e. The average Bonchev–Trinajstić information content (AvgIpc) is 2.95. The van der Waals surface area contributed by atoms with Gasteiger partial charge in [0.15, 0.2) is 0 Å². The van der Waals surface area contributed by atoms with E-state index in [0.29, 0.717) is 23.7 Å². The molecule has 0 heterocycles. The zero-order valence-corrected chi connectivity index (χ0v) is 12.3. The fraction of sp³-hybridized carbons (Fsp3) is 0.562. The minimum atomic E-state index is -0.275. The van der Waals surface area contributed by atoms with E-state index in [-0.39, 0.29) is 11.7 Å². The molecule has 0 radical (unpaired) electrons. The molecule has 1 N–H and O–H groups in total. The zero-order chi connectivity index (χ0) is 14.5. The van der Waals surface area contributed by atoms with Crippen molar-refractivity contribution in [2.75, 3.05) is 20.1 Å². The average molecular weight is 278 g/mol. The standard InChI is InChI=1S/C16H23FN2O/c1-12-11-13(7-8-15(12)17)16(20)18-9-10-19(2)14-5-3-4-6-14/h7-8,11,14H,3-6,9-10H2,1-2H3,(H,18,20). The lowest BCUT2D eigenvalue weighted by Gasteiger charge is -2.23. The van der Waals surface area contributed by atoms with Crippen molar-refractivity contribution in [3.05, 3.63) is 35.1 Å². The van der Waals surface area contributed by atoms with Crippen LogP contribution in [0.5, 0.6) is 0 Å². The number of hydrogen-bond acceptors (Lipinski definition) is 2. The van der Waals surface area contributed by atoms with Gasteiger partial charge in [0.2, 0.25) is 0 Å². The number of carbonyl (C=O) groups is 1. The van der Waals surface area contributed by atoms with Crippen LogP contribution >= 0.6 is 0 Å². The van der Waals surface area contributed by atoms with Crippen LogP contribution in [0.1, 0.15) is 41.6 Å². The van der Waals surface area contributed by atoms with Crippen molar-refractivity contribution in [2.45, 2.75) is 38.6 Å². The second kappa shape index (κ2) is 6.84. The quantitative estimate of drug-likeness (QED) is 0.898. The Morgan fingerprint density at radius 3 is 2.75 bits per heavy atom. The van der Waals surface area contributed by atoms with E-state index in [1.165, 1.54) is 37.8 Å². The van der Waals surface area contributed by atoms with Crippen LogP contribution in [0.25, 0.3) is 0 Å². The molecule has 1 saturated carbocycles. The molecule has 0 spiro atoms. The van der Waals surface area contributed by atoms with Gasteiger partial charge in [0.05, 0.1) is 0 Å². The normalized spacial score (nSPS) is 15.8. The molecule has 4 heteroatoms. The molecular formula is C16H23FN2O. The lowest BCUT2D eigenvalue weighted by atomic mass is 10.1. The number of carbonyl (C=O) groups excluding carboxylic acids is 1. The third kappa shape index (κ3) is 3.79. The Kier molecular flexibility index (Phi) is 5.12. The number of likely N-dealkylation sites (N-methyl/N-ethyl adjacent to an activating group) is 1. The lowest BCUT2D eigenvalue weighted by molar-refractivity contribution is 0.0947. The Bertz CT molecular complexity index is 470. The fourth-order valence-corrected chi connectivity index (χ4v) is 2.76. The summed E-state index contributed by atoms with van der Waals surface area (Å²) in [5, 5.41) is 2.90. The number of benzene rings is 1. The predicted octanol–water partition coefficient (Wildman–Crippen LogP) is 2.74. The lowest BCUT2D eigenvalue weighted by Crippen LogP contribution is -2.37. The van der Waals surface area contributed by atoms with Crippen molar-refractivity contribution >= 4 is 5.91 Å². The molecule has 1 aromatic carbocycles. The molecule has 0 atom stereocenters. The van der Waals surface area contributed by atoms with E-state index in [9.17, 15) is 9.18 Å². The van der Waals surface area contributed by atoms with Crippen molar-refractivity contribution in [1.82, 2.24) is 10.2 Å². The van der Waals surface area contributed by atoms with Crippen LogP contribution in [0.3, 0.4) is 0 Å². The van der Waals surface area contributed by atoms with E-state index in [1.54, 1.807) is 13.0 Å². The summed E-state index contributed by atoms with van der Waals surface area (Å²) in [6.07, 6.45) is 5.16. The van der Waals surface area contributed by atoms with Crippen molar-refractivity contribution in [2.24, 2.45) is 0 Å². The molecule has 20 heavy (non-hydrogen) atoms. The smallest absolute Gasteiger partial charge is 0.251 e. The van der Waals surface area contributed by atoms with Gasteiger partial charge in [0.1, 0.15) is 5.82 Å². The van der Waals surface area contributed by atoms with Crippen molar-refractivity contribution in [1.29, 1.82) is 0 Å². The summed E-state index contributed by atoms with van der Waals surface area (Å²) in [5.74, 6) is -0.407. The number of halogens is 1. The summed E-state index contributed by atoms with van der Waals surface area (Å²) < 4.78 is 13.2. The van der Waals surface area contributed by atoms with Crippen LogP contribution in [0.2, 0.25) is 0 Å². The summed E-state index contributed by atoms with van der Waals surface area (Å²) in [4.78, 5) is 14.3. The Labute approximate surface area is 120 Å². The molecule has 0 unspecified atom stereocenters. The first-order valence-electron chi connectivity index (χ1n) is 7.32. The molecule has 1 aliphatic rings. The van der Waals surface area contributed by atoms with Gasteiger partial charge in [-0.1, -0.05) is 12.8 Å². The van der Waals surface area contributed by atoms with Crippen LogP contribution in [0, 0.1) is 12.7 Å². The van der Waals surface area contributed by atoms with Gasteiger partial charge in [-0.05, 0) is 50.6 Å². The first kappa shape index (κ1) is 15.0. The summed E-state index contributed by atoms with van der Waals surface area (Å²) in [6.45, 7) is 3.15. The first-order valence-corrected chi connectivity index (χ1v) is 7.32. The van der Waals surface area contributed by atoms with Crippen LogP contribution in [0.15, 0.2) is 18.2 Å². The molecule has 1 aliphatic carbocycles. The first-order chi connectivity index (χ1) is 9.58. The third-order valence-corrected chi connectivity index (χ3v) is 4.12. The molecule has 110 valence electrons. The minimum absolute atomic E-state index is 0.132. The number of amides is 1. The summed E-state index contributed by atoms with van der Waals surface area (Å²) in [5.41, 5.74) is 1.02. The van der Waals surface area contributed by atoms with Crippen molar-refractivity contribution in [3.8, 4) is 0 Å². The number of nitrogens with one attached hydrogen (secondary N) is 1. The van der Waals surface area contributed by atoms with E-state index in [0.717, 1.165) is 6.54 Å². The third-order valence-electron chi connectivity index (χ3n) is 4.12. The van der Waals surface area contributed by atoms with Crippen LogP contribution in [0.4, 0.5) is 4.39 Å². The zero-order valence-electron chi connectivity index (χ0n) is 12.3. The van der Waals surface area contributed by atoms with Gasteiger partial charge < -0.3 is 10.2 Å². The molecule has 2 rings (SSSR count). The Hall–Kier alpha value is -1.42. The molecule has 1 aromatic rings. The molecular weight excluding hydrogens is 255 g/mol. The molecule has 0 aliphatic heterocycles. The second-order valence-corrected chi connectivity index (χ2v) is 5.64.